The second-order valence-corrected chi connectivity index (χ2v) is 11.9. The van der Waals surface area contributed by atoms with Gasteiger partial charge in [-0.2, -0.15) is 5.26 Å². The highest BCUT2D eigenvalue weighted by Gasteiger charge is 2.33. The Bertz CT molecular complexity index is 1440. The molecular formula is C25H26N4O5S2. The molecule has 2 atom stereocenters. The maximum absolute atomic E-state index is 12.6. The van der Waals surface area contributed by atoms with E-state index in [4.69, 9.17) is 9.84 Å². The molecule has 0 spiro atoms. The predicted octanol–water partition coefficient (Wildman–Crippen LogP) is 4.30. The minimum Gasteiger partial charge on any atom is -0.490 e. The number of hydrogen-bond donors (Lipinski definition) is 2. The topological polar surface area (TPSA) is 142 Å². The zero-order chi connectivity index (χ0) is 26.0. The van der Waals surface area contributed by atoms with Gasteiger partial charge in [-0.15, -0.1) is 10.2 Å². The highest BCUT2D eigenvalue weighted by Crippen LogP contribution is 2.39. The largest absolute Gasteiger partial charge is 0.490 e. The molecule has 0 aliphatic heterocycles. The van der Waals surface area contributed by atoms with Gasteiger partial charge in [0.15, 0.2) is 5.25 Å². The number of fused-ring (bicyclic) bond motifs is 1. The number of aliphatic carboxylic acids is 1. The number of carbonyl (C=O) groups is 1. The summed E-state index contributed by atoms with van der Waals surface area (Å²) in [5.74, 6) is -0.874. The van der Waals surface area contributed by atoms with Gasteiger partial charge in [-0.05, 0) is 69.4 Å². The molecule has 2 N–H and O–H groups in total. The zero-order valence-electron chi connectivity index (χ0n) is 20.1. The van der Waals surface area contributed by atoms with E-state index in [1.54, 1.807) is 12.1 Å². The molecule has 11 heteroatoms. The van der Waals surface area contributed by atoms with E-state index in [0.29, 0.717) is 27.7 Å². The maximum Gasteiger partial charge on any atom is 0.323 e. The van der Waals surface area contributed by atoms with Crippen LogP contribution in [-0.4, -0.2) is 41.0 Å². The van der Waals surface area contributed by atoms with Crippen LogP contribution in [0.15, 0.2) is 36.4 Å². The number of nitriles is 1. The Morgan fingerprint density at radius 2 is 1.97 bits per heavy atom. The molecule has 36 heavy (non-hydrogen) atoms. The molecule has 1 aromatic heterocycles. The van der Waals surface area contributed by atoms with Gasteiger partial charge >= 0.3 is 5.97 Å². The van der Waals surface area contributed by atoms with Crippen molar-refractivity contribution in [2.24, 2.45) is 0 Å². The molecule has 2 aromatic carbocycles. The molecule has 0 saturated carbocycles. The smallest absolute Gasteiger partial charge is 0.323 e. The molecule has 1 aliphatic rings. The third-order valence-electron chi connectivity index (χ3n) is 5.99. The SMILES string of the molecule is CC(C)Oc1ccc(-c2nnc(-c3cccc4c3CCCC4NS(=O)(=O)C(C)C(=O)O)s2)cc1C#N. The third kappa shape index (κ3) is 5.26. The van der Waals surface area contributed by atoms with Gasteiger partial charge < -0.3 is 9.84 Å². The van der Waals surface area contributed by atoms with E-state index >= 15 is 0 Å². The van der Waals surface area contributed by atoms with E-state index in [9.17, 15) is 18.5 Å². The summed E-state index contributed by atoms with van der Waals surface area (Å²) in [6, 6.07) is 12.6. The van der Waals surface area contributed by atoms with Crippen LogP contribution in [0.3, 0.4) is 0 Å². The Kier molecular flexibility index (Phi) is 7.40. The van der Waals surface area contributed by atoms with E-state index < -0.39 is 27.3 Å². The number of nitrogens with one attached hydrogen (secondary N) is 1. The third-order valence-corrected chi connectivity index (χ3v) is 8.74. The molecule has 0 bridgehead atoms. The maximum atomic E-state index is 12.6. The minimum atomic E-state index is -4.04. The first-order chi connectivity index (χ1) is 17.1. The number of aromatic nitrogens is 2. The standard InChI is InChI=1S/C25H26N4O5S2/c1-14(2)34-22-11-10-16(12-17(22)13-26)23-27-28-24(35-23)20-8-4-7-19-18(20)6-5-9-21(19)29-36(32,33)15(3)25(30)31/h4,7-8,10-12,14-15,21,29H,5-6,9H2,1-3H3,(H,30,31). The van der Waals surface area contributed by atoms with Crippen molar-refractivity contribution >= 4 is 27.3 Å². The van der Waals surface area contributed by atoms with Crippen LogP contribution in [-0.2, 0) is 21.2 Å². The lowest BCUT2D eigenvalue weighted by Gasteiger charge is -2.28. The quantitative estimate of drug-likeness (QED) is 0.442. The van der Waals surface area contributed by atoms with Crippen LogP contribution in [0.25, 0.3) is 21.1 Å². The highest BCUT2D eigenvalue weighted by atomic mass is 32.2. The van der Waals surface area contributed by atoms with Gasteiger partial charge in [0.25, 0.3) is 0 Å². The van der Waals surface area contributed by atoms with Crippen molar-refractivity contribution in [1.82, 2.24) is 14.9 Å². The first-order valence-electron chi connectivity index (χ1n) is 11.5. The summed E-state index contributed by atoms with van der Waals surface area (Å²) in [5, 5.41) is 27.2. The molecule has 1 heterocycles. The van der Waals surface area contributed by atoms with Crippen LogP contribution in [0.1, 0.15) is 56.3 Å². The van der Waals surface area contributed by atoms with Gasteiger partial charge in [0.05, 0.1) is 11.7 Å². The van der Waals surface area contributed by atoms with Crippen LogP contribution in [0, 0.1) is 11.3 Å². The van der Waals surface area contributed by atoms with Crippen molar-refractivity contribution in [2.75, 3.05) is 0 Å². The molecule has 0 saturated heterocycles. The fourth-order valence-corrected chi connectivity index (χ4v) is 6.16. The molecule has 2 unspecified atom stereocenters. The number of ether oxygens (including phenoxy) is 1. The number of carboxylic acid groups (broad SMARTS) is 1. The Hall–Kier alpha value is -3.33. The molecule has 0 amide bonds. The van der Waals surface area contributed by atoms with Crippen LogP contribution in [0.4, 0.5) is 0 Å². The summed E-state index contributed by atoms with van der Waals surface area (Å²) in [7, 11) is -4.04. The van der Waals surface area contributed by atoms with Gasteiger partial charge in [0, 0.05) is 17.2 Å². The Balaban J connectivity index is 1.65. The summed E-state index contributed by atoms with van der Waals surface area (Å²) in [4.78, 5) is 11.2. The summed E-state index contributed by atoms with van der Waals surface area (Å²) >= 11 is 1.39. The molecule has 9 nitrogen and oxygen atoms in total. The van der Waals surface area contributed by atoms with Gasteiger partial charge in [-0.25, -0.2) is 13.1 Å². The van der Waals surface area contributed by atoms with Gasteiger partial charge in [0.1, 0.15) is 21.8 Å². The lowest BCUT2D eigenvalue weighted by atomic mass is 9.85. The second-order valence-electron chi connectivity index (χ2n) is 8.86. The molecule has 188 valence electrons. The average molecular weight is 527 g/mol. The number of carboxylic acids is 1. The normalized spacial score (nSPS) is 16.2. The highest BCUT2D eigenvalue weighted by molar-refractivity contribution is 7.90. The summed E-state index contributed by atoms with van der Waals surface area (Å²) in [6.45, 7) is 4.95. The van der Waals surface area contributed by atoms with Crippen molar-refractivity contribution in [3.8, 4) is 33.0 Å². The molecule has 3 aromatic rings. The fourth-order valence-electron chi connectivity index (χ4n) is 4.16. The zero-order valence-corrected chi connectivity index (χ0v) is 21.7. The lowest BCUT2D eigenvalue weighted by molar-refractivity contribution is -0.136. The number of rotatable bonds is 8. The number of sulfonamides is 1. The van der Waals surface area contributed by atoms with Crippen LogP contribution < -0.4 is 9.46 Å². The van der Waals surface area contributed by atoms with Gasteiger partial charge in [-0.1, -0.05) is 29.5 Å². The second kappa shape index (κ2) is 10.3. The monoisotopic (exact) mass is 526 g/mol. The van der Waals surface area contributed by atoms with Gasteiger partial charge in [0.2, 0.25) is 10.0 Å². The van der Waals surface area contributed by atoms with E-state index in [2.05, 4.69) is 21.0 Å². The first kappa shape index (κ1) is 25.8. The van der Waals surface area contributed by atoms with E-state index in [0.717, 1.165) is 42.0 Å². The Morgan fingerprint density at radius 3 is 2.67 bits per heavy atom. The van der Waals surface area contributed by atoms with Gasteiger partial charge in [-0.3, -0.25) is 4.79 Å². The summed E-state index contributed by atoms with van der Waals surface area (Å²) in [5.41, 5.74) is 3.83. The van der Waals surface area contributed by atoms with Crippen molar-refractivity contribution < 1.29 is 23.1 Å². The van der Waals surface area contributed by atoms with Crippen molar-refractivity contribution in [3.05, 3.63) is 53.1 Å². The average Bonchev–Trinajstić information content (AvgIpc) is 3.33. The van der Waals surface area contributed by atoms with Crippen molar-refractivity contribution in [3.63, 3.8) is 0 Å². The fraction of sp³-hybridized carbons (Fsp3) is 0.360. The van der Waals surface area contributed by atoms with Crippen molar-refractivity contribution in [2.45, 2.75) is 57.4 Å². The molecule has 4 rings (SSSR count). The Labute approximate surface area is 213 Å². The molecule has 0 radical (unpaired) electrons. The summed E-state index contributed by atoms with van der Waals surface area (Å²) < 4.78 is 33.4. The minimum absolute atomic E-state index is 0.0546. The van der Waals surface area contributed by atoms with E-state index in [1.165, 1.54) is 11.3 Å². The van der Waals surface area contributed by atoms with Crippen LogP contribution in [0.2, 0.25) is 0 Å². The van der Waals surface area contributed by atoms with Crippen molar-refractivity contribution in [1.29, 1.82) is 5.26 Å². The molecule has 0 fully saturated rings. The van der Waals surface area contributed by atoms with Crippen LogP contribution >= 0.6 is 11.3 Å². The predicted molar refractivity (Wildman–Crippen MR) is 136 cm³/mol. The first-order valence-corrected chi connectivity index (χ1v) is 13.9. The number of benzene rings is 2. The Morgan fingerprint density at radius 1 is 1.22 bits per heavy atom. The van der Waals surface area contributed by atoms with E-state index in [-0.39, 0.29) is 6.10 Å². The molecular weight excluding hydrogens is 500 g/mol. The molecule has 1 aliphatic carbocycles. The number of nitrogens with zero attached hydrogens (tertiary/aromatic N) is 3. The van der Waals surface area contributed by atoms with Crippen LogP contribution in [0.5, 0.6) is 5.75 Å². The van der Waals surface area contributed by atoms with E-state index in [1.807, 2.05) is 38.1 Å². The lowest BCUT2D eigenvalue weighted by Crippen LogP contribution is -2.40. The summed E-state index contributed by atoms with van der Waals surface area (Å²) in [6.07, 6.45) is 2.01. The number of hydrogen-bond acceptors (Lipinski definition) is 8.